The first kappa shape index (κ1) is 13.1. The Morgan fingerprint density at radius 3 is 2.23 bits per heavy atom. The Hall–Kier alpha value is 0.130. The van der Waals surface area contributed by atoms with Crippen LogP contribution in [0.1, 0.15) is 5.56 Å². The molecular formula is C8H7CaO3S+. The van der Waals surface area contributed by atoms with E-state index in [-0.39, 0.29) is 42.6 Å². The number of rotatable bonds is 2. The molecule has 0 aromatic heterocycles. The van der Waals surface area contributed by atoms with Crippen LogP contribution in [0.25, 0.3) is 6.08 Å². The van der Waals surface area contributed by atoms with Crippen molar-refractivity contribution in [2.24, 2.45) is 0 Å². The Balaban J connectivity index is 0.00000144. The van der Waals surface area contributed by atoms with Gasteiger partial charge in [-0.15, -0.1) is 0 Å². The Kier molecular flexibility index (Phi) is 5.17. The van der Waals surface area contributed by atoms with Crippen LogP contribution in [0.15, 0.2) is 35.7 Å². The summed E-state index contributed by atoms with van der Waals surface area (Å²) in [5, 5.41) is 0. The van der Waals surface area contributed by atoms with Crippen molar-refractivity contribution in [3.63, 3.8) is 0 Å². The summed E-state index contributed by atoms with van der Waals surface area (Å²) in [6, 6.07) is 5.93. The zero-order valence-electron chi connectivity index (χ0n) is 6.93. The summed E-state index contributed by atoms with van der Waals surface area (Å²) < 4.78 is 31.8. The van der Waals surface area contributed by atoms with Gasteiger partial charge in [0.15, 0.2) is 0 Å². The molecule has 0 unspecified atom stereocenters. The molecule has 0 saturated heterocycles. The molecule has 1 rings (SSSR count). The summed E-state index contributed by atoms with van der Waals surface area (Å²) in [6.45, 7) is 3.40. The number of benzene rings is 1. The van der Waals surface area contributed by atoms with E-state index in [4.69, 9.17) is 0 Å². The minimum atomic E-state index is -4.37. The van der Waals surface area contributed by atoms with Gasteiger partial charge in [-0.05, 0) is 11.6 Å². The van der Waals surface area contributed by atoms with Gasteiger partial charge in [0, 0.05) is 0 Å². The molecule has 0 bridgehead atoms. The molecule has 0 saturated carbocycles. The maximum atomic E-state index is 10.6. The summed E-state index contributed by atoms with van der Waals surface area (Å²) in [7, 11) is -4.37. The fraction of sp³-hybridized carbons (Fsp3) is 0. The Labute approximate surface area is 107 Å². The molecule has 64 valence electrons. The molecule has 0 atom stereocenters. The minimum Gasteiger partial charge on any atom is -0.744 e. The molecule has 0 radical (unpaired) electrons. The van der Waals surface area contributed by atoms with E-state index in [2.05, 4.69) is 6.58 Å². The van der Waals surface area contributed by atoms with E-state index >= 15 is 0 Å². The van der Waals surface area contributed by atoms with E-state index < -0.39 is 10.1 Å². The topological polar surface area (TPSA) is 57.2 Å². The van der Waals surface area contributed by atoms with Gasteiger partial charge < -0.3 is 4.55 Å². The molecule has 3 nitrogen and oxygen atoms in total. The van der Waals surface area contributed by atoms with Gasteiger partial charge >= 0.3 is 37.7 Å². The average molecular weight is 223 g/mol. The van der Waals surface area contributed by atoms with Gasteiger partial charge in [0.25, 0.3) is 0 Å². The third-order valence-electron chi connectivity index (χ3n) is 1.41. The summed E-state index contributed by atoms with van der Waals surface area (Å²) in [5.41, 5.74) is 0.340. The first-order valence-corrected chi connectivity index (χ1v) is 4.64. The summed E-state index contributed by atoms with van der Waals surface area (Å²) in [6.07, 6.45) is 1.34. The van der Waals surface area contributed by atoms with Gasteiger partial charge in [0.1, 0.15) is 10.1 Å². The average Bonchev–Trinajstić information content (AvgIpc) is 2.03. The third-order valence-corrected chi connectivity index (χ3v) is 2.32. The first-order valence-electron chi connectivity index (χ1n) is 3.23. The molecule has 0 spiro atoms. The molecule has 1 aromatic rings. The minimum absolute atomic E-state index is 0. The third kappa shape index (κ3) is 3.40. The van der Waals surface area contributed by atoms with Crippen molar-refractivity contribution in [1.82, 2.24) is 0 Å². The summed E-state index contributed by atoms with van der Waals surface area (Å²) in [4.78, 5) is -0.222. The number of hydrogen-bond acceptors (Lipinski definition) is 3. The largest absolute Gasteiger partial charge is 2.00 e. The molecule has 0 fully saturated rings. The van der Waals surface area contributed by atoms with Crippen LogP contribution in [0.2, 0.25) is 0 Å². The Morgan fingerprint density at radius 2 is 1.85 bits per heavy atom. The fourth-order valence-corrected chi connectivity index (χ4v) is 1.56. The van der Waals surface area contributed by atoms with E-state index in [0.29, 0.717) is 5.56 Å². The van der Waals surface area contributed by atoms with Crippen molar-refractivity contribution in [3.8, 4) is 0 Å². The predicted molar refractivity (Wildman–Crippen MR) is 50.3 cm³/mol. The van der Waals surface area contributed by atoms with Crippen LogP contribution >= 0.6 is 0 Å². The maximum absolute atomic E-state index is 10.6. The van der Waals surface area contributed by atoms with Crippen molar-refractivity contribution in [2.45, 2.75) is 4.90 Å². The first-order chi connectivity index (χ1) is 5.55. The van der Waals surface area contributed by atoms with Crippen LogP contribution < -0.4 is 0 Å². The van der Waals surface area contributed by atoms with E-state index in [9.17, 15) is 13.0 Å². The van der Waals surface area contributed by atoms with Crippen LogP contribution in [0.4, 0.5) is 0 Å². The predicted octanol–water partition coefficient (Wildman–Crippen LogP) is 0.853. The van der Waals surface area contributed by atoms with Crippen molar-refractivity contribution < 1.29 is 13.0 Å². The number of hydrogen-bond donors (Lipinski definition) is 0. The van der Waals surface area contributed by atoms with Gasteiger partial charge in [0.05, 0.1) is 4.90 Å². The maximum Gasteiger partial charge on any atom is 2.00 e. The van der Waals surface area contributed by atoms with Crippen LogP contribution in [-0.2, 0) is 10.1 Å². The second-order valence-corrected chi connectivity index (χ2v) is 3.54. The van der Waals surface area contributed by atoms with Gasteiger partial charge in [-0.2, -0.15) is 0 Å². The van der Waals surface area contributed by atoms with Crippen molar-refractivity contribution in [1.29, 1.82) is 0 Å². The molecular weight excluding hydrogens is 216 g/mol. The van der Waals surface area contributed by atoms with Crippen LogP contribution in [0.3, 0.4) is 0 Å². The molecule has 0 aliphatic rings. The Morgan fingerprint density at radius 1 is 1.31 bits per heavy atom. The SMILES string of the molecule is C=Cc1ccccc1S(=O)(=O)[O-].[Ca+2]. The monoisotopic (exact) mass is 223 g/mol. The molecule has 0 aliphatic heterocycles. The Bertz CT molecular complexity index is 398. The van der Waals surface area contributed by atoms with Gasteiger partial charge in [-0.25, -0.2) is 8.42 Å². The molecule has 0 aliphatic carbocycles. The van der Waals surface area contributed by atoms with Crippen LogP contribution in [0.5, 0.6) is 0 Å². The standard InChI is InChI=1S/C8H8O3S.Ca/c1-2-7-5-3-4-6-8(7)12(9,10)11;/h2-6H,1H2,(H,9,10,11);/q;+2/p-1. The van der Waals surface area contributed by atoms with Crippen LogP contribution in [-0.4, -0.2) is 50.7 Å². The van der Waals surface area contributed by atoms with Crippen molar-refractivity contribution >= 4 is 53.9 Å². The van der Waals surface area contributed by atoms with Crippen LogP contribution in [0, 0.1) is 0 Å². The second-order valence-electron chi connectivity index (χ2n) is 2.20. The van der Waals surface area contributed by atoms with Gasteiger partial charge in [-0.1, -0.05) is 30.9 Å². The summed E-state index contributed by atoms with van der Waals surface area (Å²) in [5.74, 6) is 0. The van der Waals surface area contributed by atoms with Gasteiger partial charge in [0.2, 0.25) is 0 Å². The quantitative estimate of drug-likeness (QED) is 0.551. The second kappa shape index (κ2) is 5.12. The van der Waals surface area contributed by atoms with Crippen molar-refractivity contribution in [2.75, 3.05) is 0 Å². The van der Waals surface area contributed by atoms with E-state index in [1.54, 1.807) is 6.07 Å². The molecule has 13 heavy (non-hydrogen) atoms. The zero-order valence-corrected chi connectivity index (χ0v) is 9.96. The van der Waals surface area contributed by atoms with E-state index in [0.717, 1.165) is 0 Å². The van der Waals surface area contributed by atoms with Gasteiger partial charge in [-0.3, -0.25) is 0 Å². The smallest absolute Gasteiger partial charge is 0.744 e. The molecule has 0 N–H and O–H groups in total. The molecule has 1 aromatic carbocycles. The molecule has 5 heteroatoms. The summed E-state index contributed by atoms with van der Waals surface area (Å²) >= 11 is 0. The zero-order chi connectivity index (χ0) is 9.19. The molecule has 0 heterocycles. The molecule has 0 amide bonds. The van der Waals surface area contributed by atoms with E-state index in [1.165, 1.54) is 24.3 Å². The van der Waals surface area contributed by atoms with E-state index in [1.807, 2.05) is 0 Å². The fourth-order valence-electron chi connectivity index (χ4n) is 0.877. The normalized spacial score (nSPS) is 10.2. The van der Waals surface area contributed by atoms with Crippen molar-refractivity contribution in [3.05, 3.63) is 36.4 Å².